The molecule has 0 radical (unpaired) electrons. The average Bonchev–Trinajstić information content (AvgIpc) is 2.47. The van der Waals surface area contributed by atoms with Gasteiger partial charge in [0, 0.05) is 25.2 Å². The van der Waals surface area contributed by atoms with E-state index in [2.05, 4.69) is 30.6 Å². The lowest BCUT2D eigenvalue weighted by Crippen LogP contribution is -2.54. The first-order valence-corrected chi connectivity index (χ1v) is 8.82. The highest BCUT2D eigenvalue weighted by Gasteiger charge is 2.33. The monoisotopic (exact) mass is 281 g/mol. The Kier molecular flexibility index (Phi) is 6.31. The molecule has 2 heterocycles. The van der Waals surface area contributed by atoms with Crippen LogP contribution in [0.15, 0.2) is 0 Å². The van der Waals surface area contributed by atoms with E-state index < -0.39 is 0 Å². The highest BCUT2D eigenvalue weighted by atomic mass is 15.2. The Balaban J connectivity index is 1.83. The summed E-state index contributed by atoms with van der Waals surface area (Å²) < 4.78 is 0. The van der Waals surface area contributed by atoms with E-state index in [0.717, 1.165) is 24.4 Å². The van der Waals surface area contributed by atoms with Crippen molar-refractivity contribution in [1.82, 2.24) is 9.80 Å². The number of likely N-dealkylation sites (tertiary alicyclic amines) is 2. The first-order chi connectivity index (χ1) is 9.63. The molecule has 2 aliphatic rings. The molecular formula is C17H35N3. The van der Waals surface area contributed by atoms with Crippen molar-refractivity contribution in [2.75, 3.05) is 32.7 Å². The summed E-state index contributed by atoms with van der Waals surface area (Å²) in [5.74, 6) is 1.71. The second-order valence-corrected chi connectivity index (χ2v) is 7.35. The molecule has 3 nitrogen and oxygen atoms in total. The Morgan fingerprint density at radius 3 is 2.35 bits per heavy atom. The quantitative estimate of drug-likeness (QED) is 0.840. The summed E-state index contributed by atoms with van der Waals surface area (Å²) in [6.07, 6.45) is 6.75. The predicted molar refractivity (Wildman–Crippen MR) is 86.9 cm³/mol. The molecule has 20 heavy (non-hydrogen) atoms. The molecule has 0 aromatic heterocycles. The maximum Gasteiger partial charge on any atom is 0.0224 e. The van der Waals surface area contributed by atoms with Crippen LogP contribution in [0, 0.1) is 11.8 Å². The molecule has 2 saturated heterocycles. The fourth-order valence-corrected chi connectivity index (χ4v) is 4.19. The van der Waals surface area contributed by atoms with Gasteiger partial charge in [0.1, 0.15) is 0 Å². The molecule has 2 aliphatic heterocycles. The van der Waals surface area contributed by atoms with Crippen LogP contribution in [-0.4, -0.2) is 54.6 Å². The van der Waals surface area contributed by atoms with Crippen molar-refractivity contribution in [2.45, 2.75) is 65.0 Å². The van der Waals surface area contributed by atoms with Crippen LogP contribution in [0.25, 0.3) is 0 Å². The molecule has 118 valence electrons. The van der Waals surface area contributed by atoms with Gasteiger partial charge >= 0.3 is 0 Å². The number of hydrogen-bond acceptors (Lipinski definition) is 3. The number of nitrogens with zero attached hydrogens (tertiary/aromatic N) is 2. The van der Waals surface area contributed by atoms with Crippen molar-refractivity contribution < 1.29 is 0 Å². The molecule has 2 atom stereocenters. The van der Waals surface area contributed by atoms with E-state index in [0.29, 0.717) is 6.04 Å². The Morgan fingerprint density at radius 2 is 1.80 bits per heavy atom. The number of piperidine rings is 2. The maximum absolute atomic E-state index is 6.06. The zero-order valence-corrected chi connectivity index (χ0v) is 13.9. The summed E-state index contributed by atoms with van der Waals surface area (Å²) in [5.41, 5.74) is 6.06. The van der Waals surface area contributed by atoms with Gasteiger partial charge in [-0.15, -0.1) is 0 Å². The third-order valence-corrected chi connectivity index (χ3v) is 5.37. The molecule has 0 bridgehead atoms. The second kappa shape index (κ2) is 7.77. The van der Waals surface area contributed by atoms with Gasteiger partial charge in [0.25, 0.3) is 0 Å². The van der Waals surface area contributed by atoms with Crippen molar-refractivity contribution >= 4 is 0 Å². The Morgan fingerprint density at radius 1 is 1.10 bits per heavy atom. The standard InChI is InChI=1S/C17H35N3/c1-4-15-5-10-20(17(11-15)12-18)16-6-8-19(9-7-16)13-14(2)3/h14-17H,4-13,18H2,1-3H3. The van der Waals surface area contributed by atoms with Crippen LogP contribution in [0.1, 0.15) is 52.9 Å². The van der Waals surface area contributed by atoms with E-state index in [1.165, 1.54) is 58.3 Å². The van der Waals surface area contributed by atoms with Gasteiger partial charge < -0.3 is 10.6 Å². The number of nitrogens with two attached hydrogens (primary N) is 1. The van der Waals surface area contributed by atoms with Gasteiger partial charge in [-0.1, -0.05) is 27.2 Å². The summed E-state index contributed by atoms with van der Waals surface area (Å²) in [6.45, 7) is 13.0. The predicted octanol–water partition coefficient (Wildman–Crippen LogP) is 2.56. The largest absolute Gasteiger partial charge is 0.329 e. The minimum Gasteiger partial charge on any atom is -0.329 e. The van der Waals surface area contributed by atoms with E-state index in [-0.39, 0.29) is 0 Å². The molecule has 3 heteroatoms. The smallest absolute Gasteiger partial charge is 0.0224 e. The van der Waals surface area contributed by atoms with Crippen molar-refractivity contribution in [1.29, 1.82) is 0 Å². The third kappa shape index (κ3) is 4.19. The molecule has 2 fully saturated rings. The Bertz CT molecular complexity index is 271. The lowest BCUT2D eigenvalue weighted by molar-refractivity contribution is 0.0334. The molecule has 2 unspecified atom stereocenters. The van der Waals surface area contributed by atoms with Crippen LogP contribution in [0.2, 0.25) is 0 Å². The van der Waals surface area contributed by atoms with Crippen LogP contribution in [0.5, 0.6) is 0 Å². The average molecular weight is 281 g/mol. The van der Waals surface area contributed by atoms with Crippen molar-refractivity contribution in [3.63, 3.8) is 0 Å². The van der Waals surface area contributed by atoms with Crippen molar-refractivity contribution in [3.8, 4) is 0 Å². The molecule has 0 spiro atoms. The molecule has 2 N–H and O–H groups in total. The van der Waals surface area contributed by atoms with Gasteiger partial charge in [-0.3, -0.25) is 4.90 Å². The van der Waals surface area contributed by atoms with E-state index in [4.69, 9.17) is 5.73 Å². The number of hydrogen-bond donors (Lipinski definition) is 1. The maximum atomic E-state index is 6.06. The van der Waals surface area contributed by atoms with Crippen LogP contribution in [0.3, 0.4) is 0 Å². The molecule has 0 saturated carbocycles. The summed E-state index contributed by atoms with van der Waals surface area (Å²) in [5, 5.41) is 0. The third-order valence-electron chi connectivity index (χ3n) is 5.37. The lowest BCUT2D eigenvalue weighted by atomic mass is 9.86. The summed E-state index contributed by atoms with van der Waals surface area (Å²) in [7, 11) is 0. The molecule has 2 rings (SSSR count). The Labute approximate surface area is 125 Å². The van der Waals surface area contributed by atoms with Gasteiger partial charge in [-0.05, 0) is 57.2 Å². The van der Waals surface area contributed by atoms with E-state index in [1.807, 2.05) is 0 Å². The van der Waals surface area contributed by atoms with Crippen LogP contribution in [-0.2, 0) is 0 Å². The lowest BCUT2D eigenvalue weighted by Gasteiger charge is -2.46. The molecule has 0 aliphatic carbocycles. The van der Waals surface area contributed by atoms with Crippen LogP contribution >= 0.6 is 0 Å². The zero-order chi connectivity index (χ0) is 14.5. The van der Waals surface area contributed by atoms with Gasteiger partial charge in [-0.25, -0.2) is 0 Å². The van der Waals surface area contributed by atoms with E-state index in [9.17, 15) is 0 Å². The van der Waals surface area contributed by atoms with Gasteiger partial charge in [0.05, 0.1) is 0 Å². The summed E-state index contributed by atoms with van der Waals surface area (Å²) in [4.78, 5) is 5.41. The van der Waals surface area contributed by atoms with Gasteiger partial charge in [0.2, 0.25) is 0 Å². The topological polar surface area (TPSA) is 32.5 Å². The fourth-order valence-electron chi connectivity index (χ4n) is 4.19. The second-order valence-electron chi connectivity index (χ2n) is 7.35. The van der Waals surface area contributed by atoms with Crippen LogP contribution < -0.4 is 5.73 Å². The zero-order valence-electron chi connectivity index (χ0n) is 13.9. The Hall–Kier alpha value is -0.120. The first kappa shape index (κ1) is 16.3. The normalized spacial score (nSPS) is 31.1. The molecule has 0 aromatic carbocycles. The highest BCUT2D eigenvalue weighted by molar-refractivity contribution is 4.89. The van der Waals surface area contributed by atoms with Gasteiger partial charge in [0.15, 0.2) is 0 Å². The van der Waals surface area contributed by atoms with E-state index in [1.54, 1.807) is 0 Å². The van der Waals surface area contributed by atoms with Gasteiger partial charge in [-0.2, -0.15) is 0 Å². The van der Waals surface area contributed by atoms with Crippen molar-refractivity contribution in [3.05, 3.63) is 0 Å². The molecule has 0 amide bonds. The summed E-state index contributed by atoms with van der Waals surface area (Å²) >= 11 is 0. The van der Waals surface area contributed by atoms with Crippen LogP contribution in [0.4, 0.5) is 0 Å². The molecular weight excluding hydrogens is 246 g/mol. The highest BCUT2D eigenvalue weighted by Crippen LogP contribution is 2.29. The fraction of sp³-hybridized carbons (Fsp3) is 1.00. The molecule has 0 aromatic rings. The van der Waals surface area contributed by atoms with Crippen molar-refractivity contribution in [2.24, 2.45) is 17.6 Å². The van der Waals surface area contributed by atoms with E-state index >= 15 is 0 Å². The summed E-state index contributed by atoms with van der Waals surface area (Å²) in [6, 6.07) is 1.44. The number of rotatable bonds is 5. The minimum absolute atomic E-state index is 0.648. The first-order valence-electron chi connectivity index (χ1n) is 8.82. The minimum atomic E-state index is 0.648. The SMILES string of the molecule is CCC1CCN(C2CCN(CC(C)C)CC2)C(CN)C1.